The number of nitrogens with two attached hydrogens (primary N) is 1. The average molecular weight is 385 g/mol. The number of likely N-dealkylation sites (N-methyl/N-ethyl adjacent to an activating group) is 1. The lowest BCUT2D eigenvalue weighted by Gasteiger charge is -2.35. The molecule has 1 saturated heterocycles. The Morgan fingerprint density at radius 2 is 2.07 bits per heavy atom. The number of anilines is 2. The summed E-state index contributed by atoms with van der Waals surface area (Å²) in [4.78, 5) is 29.7. The third-order valence-corrected chi connectivity index (χ3v) is 4.82. The van der Waals surface area contributed by atoms with Crippen LogP contribution in [0.15, 0.2) is 22.8 Å². The number of amides is 1. The molecule has 28 heavy (non-hydrogen) atoms. The van der Waals surface area contributed by atoms with Gasteiger partial charge < -0.3 is 25.3 Å². The van der Waals surface area contributed by atoms with Gasteiger partial charge in [-0.15, -0.1) is 5.10 Å². The molecule has 1 amide bonds. The van der Waals surface area contributed by atoms with Crippen molar-refractivity contribution in [1.82, 2.24) is 34.4 Å². The maximum Gasteiger partial charge on any atom is 0.259 e. The number of aromatic nitrogens is 5. The fourth-order valence-corrected chi connectivity index (χ4v) is 3.19. The fraction of sp³-hybridized carbons (Fsp3) is 0.471. The van der Waals surface area contributed by atoms with Crippen LogP contribution in [0.25, 0.3) is 17.4 Å². The van der Waals surface area contributed by atoms with E-state index in [-0.39, 0.29) is 23.6 Å². The first-order valence-electron chi connectivity index (χ1n) is 9.27. The SMILES string of the molecule is CCN1CCN(C(=O)[C@H](C)Nc2nc(N)n3nc(-c4ccco4)nc3n2)CC1. The molecule has 4 heterocycles. The number of nitrogens with one attached hydrogen (secondary N) is 1. The molecule has 11 heteroatoms. The molecule has 4 rings (SSSR count). The first kappa shape index (κ1) is 18.2. The van der Waals surface area contributed by atoms with E-state index in [1.807, 2.05) is 4.90 Å². The number of hydrogen-bond acceptors (Lipinski definition) is 9. The van der Waals surface area contributed by atoms with Crippen LogP contribution in [0, 0.1) is 0 Å². The third-order valence-electron chi connectivity index (χ3n) is 4.82. The van der Waals surface area contributed by atoms with Crippen LogP contribution in [0.4, 0.5) is 11.9 Å². The second kappa shape index (κ2) is 7.43. The minimum absolute atomic E-state index is 0.00976. The summed E-state index contributed by atoms with van der Waals surface area (Å²) in [7, 11) is 0. The summed E-state index contributed by atoms with van der Waals surface area (Å²) < 4.78 is 6.63. The van der Waals surface area contributed by atoms with Crippen LogP contribution in [0.1, 0.15) is 13.8 Å². The van der Waals surface area contributed by atoms with Crippen molar-refractivity contribution in [3.63, 3.8) is 0 Å². The van der Waals surface area contributed by atoms with Gasteiger partial charge in [-0.1, -0.05) is 6.92 Å². The molecule has 1 aliphatic rings. The van der Waals surface area contributed by atoms with Crippen molar-refractivity contribution in [2.24, 2.45) is 0 Å². The zero-order valence-electron chi connectivity index (χ0n) is 15.9. The van der Waals surface area contributed by atoms with E-state index in [1.165, 1.54) is 10.8 Å². The lowest BCUT2D eigenvalue weighted by Crippen LogP contribution is -2.52. The highest BCUT2D eigenvalue weighted by Crippen LogP contribution is 2.18. The van der Waals surface area contributed by atoms with Crippen molar-refractivity contribution in [2.75, 3.05) is 43.8 Å². The number of fused-ring (bicyclic) bond motifs is 1. The number of carbonyl (C=O) groups is 1. The predicted molar refractivity (Wildman–Crippen MR) is 102 cm³/mol. The van der Waals surface area contributed by atoms with Crippen LogP contribution < -0.4 is 11.1 Å². The van der Waals surface area contributed by atoms with Gasteiger partial charge in [-0.3, -0.25) is 4.79 Å². The van der Waals surface area contributed by atoms with E-state index in [2.05, 4.69) is 37.2 Å². The summed E-state index contributed by atoms with van der Waals surface area (Å²) >= 11 is 0. The van der Waals surface area contributed by atoms with Gasteiger partial charge in [-0.25, -0.2) is 0 Å². The van der Waals surface area contributed by atoms with Gasteiger partial charge in [0.1, 0.15) is 6.04 Å². The third kappa shape index (κ3) is 3.48. The molecule has 1 fully saturated rings. The van der Waals surface area contributed by atoms with Gasteiger partial charge in [0.15, 0.2) is 5.76 Å². The van der Waals surface area contributed by atoms with E-state index in [4.69, 9.17) is 10.2 Å². The minimum atomic E-state index is -0.484. The number of carbonyl (C=O) groups excluding carboxylic acids is 1. The number of hydrogen-bond donors (Lipinski definition) is 2. The van der Waals surface area contributed by atoms with Crippen LogP contribution in [0.3, 0.4) is 0 Å². The van der Waals surface area contributed by atoms with E-state index in [0.29, 0.717) is 11.6 Å². The standard InChI is InChI=1S/C17H23N9O2/c1-3-24-6-8-25(9-7-24)14(27)11(2)19-16-21-15(18)26-17(22-16)20-13(23-26)12-5-4-10-28-12/h4-5,10-11H,3,6-9H2,1-2H3,(H3,18,19,20,21,22,23)/t11-/m0/s1. The molecular formula is C17H23N9O2. The zero-order valence-corrected chi connectivity index (χ0v) is 15.9. The monoisotopic (exact) mass is 385 g/mol. The van der Waals surface area contributed by atoms with Crippen LogP contribution in [-0.2, 0) is 4.79 Å². The van der Waals surface area contributed by atoms with Gasteiger partial charge in [0, 0.05) is 26.2 Å². The smallest absolute Gasteiger partial charge is 0.259 e. The summed E-state index contributed by atoms with van der Waals surface area (Å²) in [6.45, 7) is 8.13. The molecule has 3 aromatic heterocycles. The Labute approximate surface area is 161 Å². The molecule has 0 spiro atoms. The molecular weight excluding hydrogens is 362 g/mol. The number of nitrogen functional groups attached to an aromatic ring is 1. The van der Waals surface area contributed by atoms with Crippen LogP contribution in [0.5, 0.6) is 0 Å². The summed E-state index contributed by atoms with van der Waals surface area (Å²) in [5.41, 5.74) is 5.99. The van der Waals surface area contributed by atoms with E-state index < -0.39 is 6.04 Å². The van der Waals surface area contributed by atoms with Gasteiger partial charge in [-0.05, 0) is 25.6 Å². The summed E-state index contributed by atoms with van der Waals surface area (Å²) in [5.74, 6) is 1.51. The molecule has 0 radical (unpaired) electrons. The normalized spacial score (nSPS) is 16.4. The molecule has 11 nitrogen and oxygen atoms in total. The molecule has 0 saturated carbocycles. The second-order valence-electron chi connectivity index (χ2n) is 6.66. The van der Waals surface area contributed by atoms with Crippen molar-refractivity contribution < 1.29 is 9.21 Å². The number of nitrogens with zero attached hydrogens (tertiary/aromatic N) is 7. The largest absolute Gasteiger partial charge is 0.461 e. The van der Waals surface area contributed by atoms with Crippen molar-refractivity contribution in [3.05, 3.63) is 18.4 Å². The quantitative estimate of drug-likeness (QED) is 0.637. The Bertz CT molecular complexity index is 961. The van der Waals surface area contributed by atoms with E-state index >= 15 is 0 Å². The van der Waals surface area contributed by atoms with Crippen LogP contribution in [0.2, 0.25) is 0 Å². The van der Waals surface area contributed by atoms with Gasteiger partial charge in [0.05, 0.1) is 6.26 Å². The Kier molecular flexibility index (Phi) is 4.82. The molecule has 0 aromatic carbocycles. The molecule has 1 aliphatic heterocycles. The highest BCUT2D eigenvalue weighted by Gasteiger charge is 2.25. The van der Waals surface area contributed by atoms with E-state index in [0.717, 1.165) is 32.7 Å². The summed E-state index contributed by atoms with van der Waals surface area (Å²) in [6.07, 6.45) is 1.54. The van der Waals surface area contributed by atoms with Gasteiger partial charge in [0.25, 0.3) is 5.78 Å². The van der Waals surface area contributed by atoms with Crippen LogP contribution >= 0.6 is 0 Å². The van der Waals surface area contributed by atoms with Gasteiger partial charge in [-0.2, -0.15) is 19.5 Å². The summed E-state index contributed by atoms with van der Waals surface area (Å²) in [6, 6.07) is 3.01. The molecule has 0 unspecified atom stereocenters. The highest BCUT2D eigenvalue weighted by molar-refractivity contribution is 5.84. The zero-order chi connectivity index (χ0) is 19.7. The number of rotatable bonds is 5. The Morgan fingerprint density at radius 3 is 2.75 bits per heavy atom. The van der Waals surface area contributed by atoms with Crippen molar-refractivity contribution in [2.45, 2.75) is 19.9 Å². The molecule has 1 atom stereocenters. The van der Waals surface area contributed by atoms with Crippen LogP contribution in [-0.4, -0.2) is 79.0 Å². The molecule has 0 bridgehead atoms. The maximum absolute atomic E-state index is 12.7. The number of piperazine rings is 1. The fourth-order valence-electron chi connectivity index (χ4n) is 3.19. The van der Waals surface area contributed by atoms with Gasteiger partial charge in [0.2, 0.25) is 23.6 Å². The Balaban J connectivity index is 1.49. The molecule has 3 aromatic rings. The lowest BCUT2D eigenvalue weighted by atomic mass is 10.2. The lowest BCUT2D eigenvalue weighted by molar-refractivity contribution is -0.133. The van der Waals surface area contributed by atoms with Gasteiger partial charge >= 0.3 is 0 Å². The van der Waals surface area contributed by atoms with Crippen molar-refractivity contribution in [3.8, 4) is 11.6 Å². The van der Waals surface area contributed by atoms with E-state index in [1.54, 1.807) is 19.1 Å². The highest BCUT2D eigenvalue weighted by atomic mass is 16.3. The summed E-state index contributed by atoms with van der Waals surface area (Å²) in [5, 5.41) is 7.28. The Hall–Kier alpha value is -3.21. The average Bonchev–Trinajstić information content (AvgIpc) is 3.37. The predicted octanol–water partition coefficient (Wildman–Crippen LogP) is 0.326. The molecule has 3 N–H and O–H groups in total. The van der Waals surface area contributed by atoms with Crippen molar-refractivity contribution >= 4 is 23.6 Å². The maximum atomic E-state index is 12.7. The topological polar surface area (TPSA) is 131 Å². The molecule has 0 aliphatic carbocycles. The minimum Gasteiger partial charge on any atom is -0.461 e. The Morgan fingerprint density at radius 1 is 1.29 bits per heavy atom. The first-order chi connectivity index (χ1) is 13.5. The van der Waals surface area contributed by atoms with E-state index in [9.17, 15) is 4.79 Å². The molecule has 148 valence electrons. The van der Waals surface area contributed by atoms with Crippen molar-refractivity contribution in [1.29, 1.82) is 0 Å². The number of furan rings is 1. The second-order valence-corrected chi connectivity index (χ2v) is 6.66. The first-order valence-corrected chi connectivity index (χ1v) is 9.27.